The molecule has 1 aromatic rings. The number of esters is 1. The van der Waals surface area contributed by atoms with Crippen LogP contribution in [0.2, 0.25) is 5.02 Å². The number of rotatable bonds is 3. The smallest absolute Gasteiger partial charge is 0.340 e. The van der Waals surface area contributed by atoms with Crippen LogP contribution in [0.15, 0.2) is 12.3 Å². The average Bonchev–Trinajstić information content (AvgIpc) is 2.18. The molecule has 0 aliphatic rings. The van der Waals surface area contributed by atoms with Crippen LogP contribution in [0.25, 0.3) is 0 Å². The zero-order valence-corrected chi connectivity index (χ0v) is 11.2. The maximum Gasteiger partial charge on any atom is 0.340 e. The van der Waals surface area contributed by atoms with E-state index in [9.17, 15) is 4.79 Å². The summed E-state index contributed by atoms with van der Waals surface area (Å²) in [4.78, 5) is 15.7. The van der Waals surface area contributed by atoms with Crippen LogP contribution in [0, 0.1) is 0 Å². The predicted molar refractivity (Wildman–Crippen MR) is 65.6 cm³/mol. The summed E-state index contributed by atoms with van der Waals surface area (Å²) < 4.78 is 10.4. The van der Waals surface area contributed by atoms with E-state index >= 15 is 0 Å². The second-order valence-corrected chi connectivity index (χ2v) is 4.85. The number of halogens is 1. The third-order valence-corrected chi connectivity index (χ3v) is 1.99. The van der Waals surface area contributed by atoms with Crippen LogP contribution >= 0.6 is 11.6 Å². The van der Waals surface area contributed by atoms with Crippen molar-refractivity contribution in [1.82, 2.24) is 4.98 Å². The number of nitrogens with zero attached hydrogens (tertiary/aromatic N) is 1. The normalized spacial score (nSPS) is 11.1. The molecule has 0 amide bonds. The van der Waals surface area contributed by atoms with E-state index in [-0.39, 0.29) is 0 Å². The molecule has 0 saturated heterocycles. The fraction of sp³-hybridized carbons (Fsp3) is 0.500. The molecule has 1 heterocycles. The van der Waals surface area contributed by atoms with Gasteiger partial charge in [-0.2, -0.15) is 0 Å². The molecule has 0 aliphatic carbocycles. The highest BCUT2D eigenvalue weighted by Gasteiger charge is 2.19. The number of hydrogen-bond acceptors (Lipinski definition) is 4. The van der Waals surface area contributed by atoms with E-state index in [1.807, 2.05) is 6.92 Å². The SMILES string of the molecule is CCOc1ncc(C(=O)OC(C)(C)C)cc1Cl. The Morgan fingerprint density at radius 2 is 2.12 bits per heavy atom. The summed E-state index contributed by atoms with van der Waals surface area (Å²) in [5.74, 6) is -0.128. The third-order valence-electron chi connectivity index (χ3n) is 1.72. The Kier molecular flexibility index (Phi) is 4.34. The minimum absolute atomic E-state index is 0.301. The van der Waals surface area contributed by atoms with E-state index < -0.39 is 11.6 Å². The standard InChI is InChI=1S/C12H16ClNO3/c1-5-16-10-9(13)6-8(7-14-10)11(15)17-12(2,3)4/h6-7H,5H2,1-4H3. The van der Waals surface area contributed by atoms with Crippen LogP contribution in [-0.4, -0.2) is 23.2 Å². The predicted octanol–water partition coefficient (Wildman–Crippen LogP) is 3.09. The lowest BCUT2D eigenvalue weighted by Crippen LogP contribution is -2.24. The van der Waals surface area contributed by atoms with Crippen molar-refractivity contribution in [2.75, 3.05) is 6.61 Å². The van der Waals surface area contributed by atoms with Crippen LogP contribution in [-0.2, 0) is 4.74 Å². The Morgan fingerprint density at radius 1 is 1.47 bits per heavy atom. The Hall–Kier alpha value is -1.29. The topological polar surface area (TPSA) is 48.4 Å². The van der Waals surface area contributed by atoms with Crippen molar-refractivity contribution in [3.05, 3.63) is 22.8 Å². The minimum atomic E-state index is -0.540. The molecule has 0 unspecified atom stereocenters. The van der Waals surface area contributed by atoms with Gasteiger partial charge in [-0.1, -0.05) is 11.6 Å². The quantitative estimate of drug-likeness (QED) is 0.781. The molecule has 0 N–H and O–H groups in total. The van der Waals surface area contributed by atoms with Crippen LogP contribution in [0.4, 0.5) is 0 Å². The second-order valence-electron chi connectivity index (χ2n) is 4.45. The number of carbonyl (C=O) groups is 1. The second kappa shape index (κ2) is 5.36. The van der Waals surface area contributed by atoms with Gasteiger partial charge in [0.15, 0.2) is 0 Å². The van der Waals surface area contributed by atoms with Gasteiger partial charge in [-0.05, 0) is 33.8 Å². The zero-order valence-electron chi connectivity index (χ0n) is 10.4. The molecule has 5 heteroatoms. The summed E-state index contributed by atoms with van der Waals surface area (Å²) in [5, 5.41) is 0.301. The van der Waals surface area contributed by atoms with Gasteiger partial charge in [0.1, 0.15) is 10.6 Å². The number of aromatic nitrogens is 1. The molecule has 4 nitrogen and oxygen atoms in total. The van der Waals surface area contributed by atoms with Crippen molar-refractivity contribution in [3.8, 4) is 5.88 Å². The zero-order chi connectivity index (χ0) is 13.1. The minimum Gasteiger partial charge on any atom is -0.477 e. The molecule has 0 aromatic carbocycles. The average molecular weight is 258 g/mol. The number of carbonyl (C=O) groups excluding carboxylic acids is 1. The summed E-state index contributed by atoms with van der Waals surface area (Å²) in [6.45, 7) is 7.70. The Bertz CT molecular complexity index is 413. The van der Waals surface area contributed by atoms with Gasteiger partial charge in [-0.3, -0.25) is 0 Å². The van der Waals surface area contributed by atoms with Gasteiger partial charge in [0.2, 0.25) is 5.88 Å². The van der Waals surface area contributed by atoms with Crippen LogP contribution in [0.1, 0.15) is 38.1 Å². The highest BCUT2D eigenvalue weighted by atomic mass is 35.5. The van der Waals surface area contributed by atoms with E-state index in [0.717, 1.165) is 0 Å². The molecule has 0 fully saturated rings. The van der Waals surface area contributed by atoms with E-state index in [4.69, 9.17) is 21.1 Å². The summed E-state index contributed by atoms with van der Waals surface area (Å²) in [6.07, 6.45) is 1.39. The van der Waals surface area contributed by atoms with Crippen molar-refractivity contribution in [1.29, 1.82) is 0 Å². The molecule has 1 aromatic heterocycles. The molecular weight excluding hydrogens is 242 g/mol. The first-order valence-corrected chi connectivity index (χ1v) is 5.73. The van der Waals surface area contributed by atoms with Crippen molar-refractivity contribution < 1.29 is 14.3 Å². The van der Waals surface area contributed by atoms with E-state index in [2.05, 4.69) is 4.98 Å². The lowest BCUT2D eigenvalue weighted by atomic mass is 10.2. The first-order valence-electron chi connectivity index (χ1n) is 5.35. The fourth-order valence-corrected chi connectivity index (χ4v) is 1.34. The third kappa shape index (κ3) is 4.23. The molecule has 0 radical (unpaired) electrons. The van der Waals surface area contributed by atoms with Gasteiger partial charge in [-0.15, -0.1) is 0 Å². The molecule has 0 atom stereocenters. The Morgan fingerprint density at radius 3 is 2.59 bits per heavy atom. The highest BCUT2D eigenvalue weighted by molar-refractivity contribution is 6.32. The number of hydrogen-bond donors (Lipinski definition) is 0. The van der Waals surface area contributed by atoms with Gasteiger partial charge in [0, 0.05) is 6.20 Å². The number of pyridine rings is 1. The number of ether oxygens (including phenoxy) is 2. The van der Waals surface area contributed by atoms with E-state index in [1.165, 1.54) is 12.3 Å². The molecule has 94 valence electrons. The molecule has 0 spiro atoms. The van der Waals surface area contributed by atoms with E-state index in [0.29, 0.717) is 23.1 Å². The molecular formula is C12H16ClNO3. The lowest BCUT2D eigenvalue weighted by Gasteiger charge is -2.19. The van der Waals surface area contributed by atoms with E-state index in [1.54, 1.807) is 20.8 Å². The van der Waals surface area contributed by atoms with Gasteiger partial charge in [-0.25, -0.2) is 9.78 Å². The first kappa shape index (κ1) is 13.8. The first-order chi connectivity index (χ1) is 7.83. The molecule has 0 bridgehead atoms. The summed E-state index contributed by atoms with van der Waals surface area (Å²) >= 11 is 5.93. The van der Waals surface area contributed by atoms with Crippen LogP contribution in [0.5, 0.6) is 5.88 Å². The van der Waals surface area contributed by atoms with Crippen molar-refractivity contribution in [2.24, 2.45) is 0 Å². The molecule has 0 saturated carbocycles. The van der Waals surface area contributed by atoms with Crippen LogP contribution < -0.4 is 4.74 Å². The molecule has 0 aliphatic heterocycles. The largest absolute Gasteiger partial charge is 0.477 e. The molecule has 17 heavy (non-hydrogen) atoms. The maximum absolute atomic E-state index is 11.7. The van der Waals surface area contributed by atoms with Gasteiger partial charge in [0.25, 0.3) is 0 Å². The monoisotopic (exact) mass is 257 g/mol. The Labute approximate surface area is 106 Å². The van der Waals surface area contributed by atoms with Gasteiger partial charge < -0.3 is 9.47 Å². The summed E-state index contributed by atoms with van der Waals surface area (Å²) in [6, 6.07) is 1.49. The van der Waals surface area contributed by atoms with Crippen molar-refractivity contribution in [2.45, 2.75) is 33.3 Å². The lowest BCUT2D eigenvalue weighted by molar-refractivity contribution is 0.00690. The van der Waals surface area contributed by atoms with Crippen molar-refractivity contribution in [3.63, 3.8) is 0 Å². The van der Waals surface area contributed by atoms with Crippen molar-refractivity contribution >= 4 is 17.6 Å². The molecule has 1 rings (SSSR count). The van der Waals surface area contributed by atoms with Crippen LogP contribution in [0.3, 0.4) is 0 Å². The van der Waals surface area contributed by atoms with Gasteiger partial charge in [0.05, 0.1) is 12.2 Å². The summed E-state index contributed by atoms with van der Waals surface area (Å²) in [5.41, 5.74) is -0.226. The Balaban J connectivity index is 2.86. The highest BCUT2D eigenvalue weighted by Crippen LogP contribution is 2.23. The maximum atomic E-state index is 11.7. The fourth-order valence-electron chi connectivity index (χ4n) is 1.12. The summed E-state index contributed by atoms with van der Waals surface area (Å²) in [7, 11) is 0. The van der Waals surface area contributed by atoms with Gasteiger partial charge >= 0.3 is 5.97 Å².